The van der Waals surface area contributed by atoms with E-state index in [1.54, 1.807) is 0 Å². The van der Waals surface area contributed by atoms with Gasteiger partial charge in [-0.1, -0.05) is 6.07 Å². The summed E-state index contributed by atoms with van der Waals surface area (Å²) in [5.74, 6) is 1.62. The van der Waals surface area contributed by atoms with Gasteiger partial charge in [0, 0.05) is 3.58 Å². The third kappa shape index (κ3) is 4.10. The van der Waals surface area contributed by atoms with E-state index < -0.39 is 0 Å². The van der Waals surface area contributed by atoms with Crippen molar-refractivity contribution in [3.8, 4) is 11.5 Å². The van der Waals surface area contributed by atoms with Crippen LogP contribution in [-0.4, -0.2) is 13.4 Å². The van der Waals surface area contributed by atoms with Crippen LogP contribution in [0.25, 0.3) is 0 Å². The maximum Gasteiger partial charge on any atom is 0.231 e. The Bertz CT molecular complexity index is 442. The van der Waals surface area contributed by atoms with Crippen molar-refractivity contribution in [3.63, 3.8) is 0 Å². The SMILES string of the molecule is IC(I)=C(I)COCc1ccc2c(c1)OCO2. The number of rotatable bonds is 4. The van der Waals surface area contributed by atoms with Gasteiger partial charge in [-0.3, -0.25) is 0 Å². The molecule has 1 aromatic carbocycles. The monoisotopic (exact) mass is 570 g/mol. The maximum absolute atomic E-state index is 5.63. The first-order valence-corrected chi connectivity index (χ1v) is 8.06. The van der Waals surface area contributed by atoms with Gasteiger partial charge in [0.1, 0.15) is 0 Å². The molecule has 92 valence electrons. The van der Waals surface area contributed by atoms with E-state index in [2.05, 4.69) is 67.8 Å². The van der Waals surface area contributed by atoms with Crippen LogP contribution in [0.5, 0.6) is 11.5 Å². The molecule has 0 fully saturated rings. The lowest BCUT2D eigenvalue weighted by atomic mass is 10.2. The summed E-state index contributed by atoms with van der Waals surface area (Å²) in [6.07, 6.45) is 0. The first-order valence-electron chi connectivity index (χ1n) is 4.83. The number of fused-ring (bicyclic) bond motifs is 1. The Morgan fingerprint density at radius 1 is 1.18 bits per heavy atom. The molecule has 0 bridgehead atoms. The van der Waals surface area contributed by atoms with Gasteiger partial charge in [0.2, 0.25) is 6.79 Å². The molecule has 0 saturated carbocycles. The number of halogens is 3. The largest absolute Gasteiger partial charge is 0.454 e. The zero-order chi connectivity index (χ0) is 12.3. The predicted octanol–water partition coefficient (Wildman–Crippen LogP) is 4.41. The molecular weight excluding hydrogens is 561 g/mol. The Kier molecular flexibility index (Phi) is 5.61. The highest BCUT2D eigenvalue weighted by Gasteiger charge is 2.13. The molecule has 1 aliphatic rings. The second-order valence-corrected chi connectivity index (χ2v) is 8.87. The van der Waals surface area contributed by atoms with E-state index in [1.165, 1.54) is 5.17 Å². The molecule has 6 heteroatoms. The summed E-state index contributed by atoms with van der Waals surface area (Å²) in [5.41, 5.74) is 1.10. The molecule has 0 atom stereocenters. The molecule has 17 heavy (non-hydrogen) atoms. The minimum Gasteiger partial charge on any atom is -0.454 e. The molecule has 2 rings (SSSR count). The van der Waals surface area contributed by atoms with Crippen molar-refractivity contribution in [2.24, 2.45) is 0 Å². The zero-order valence-electron chi connectivity index (χ0n) is 8.71. The van der Waals surface area contributed by atoms with E-state index >= 15 is 0 Å². The highest BCUT2D eigenvalue weighted by Crippen LogP contribution is 2.32. The van der Waals surface area contributed by atoms with Gasteiger partial charge >= 0.3 is 0 Å². The smallest absolute Gasteiger partial charge is 0.231 e. The van der Waals surface area contributed by atoms with Crippen LogP contribution in [0.3, 0.4) is 0 Å². The molecule has 0 amide bonds. The summed E-state index contributed by atoms with van der Waals surface area (Å²) >= 11 is 6.88. The van der Waals surface area contributed by atoms with Crippen LogP contribution in [-0.2, 0) is 11.3 Å². The van der Waals surface area contributed by atoms with E-state index in [4.69, 9.17) is 14.2 Å². The molecular formula is C11H9I3O3. The van der Waals surface area contributed by atoms with Crippen LogP contribution < -0.4 is 9.47 Å². The van der Waals surface area contributed by atoms with Gasteiger partial charge < -0.3 is 14.2 Å². The summed E-state index contributed by atoms with van der Waals surface area (Å²) < 4.78 is 18.7. The third-order valence-corrected chi connectivity index (χ3v) is 6.36. The summed E-state index contributed by atoms with van der Waals surface area (Å²) in [5, 5.41) is 0. The van der Waals surface area contributed by atoms with Crippen LogP contribution >= 0.6 is 67.8 Å². The number of hydrogen-bond donors (Lipinski definition) is 0. The number of hydrogen-bond acceptors (Lipinski definition) is 3. The van der Waals surface area contributed by atoms with Crippen molar-refractivity contribution in [1.82, 2.24) is 0 Å². The van der Waals surface area contributed by atoms with E-state index in [0.29, 0.717) is 20.0 Å². The van der Waals surface area contributed by atoms with Crippen LogP contribution in [0.2, 0.25) is 0 Å². The molecule has 0 unspecified atom stereocenters. The molecule has 0 N–H and O–H groups in total. The average molecular weight is 570 g/mol. The highest BCUT2D eigenvalue weighted by molar-refractivity contribution is 14.2. The first-order chi connectivity index (χ1) is 8.16. The Morgan fingerprint density at radius 2 is 1.94 bits per heavy atom. The van der Waals surface area contributed by atoms with Gasteiger partial charge in [-0.05, 0) is 85.5 Å². The van der Waals surface area contributed by atoms with Crippen LogP contribution in [0.15, 0.2) is 23.4 Å². The fourth-order valence-corrected chi connectivity index (χ4v) is 1.88. The molecule has 0 saturated heterocycles. The Labute approximate surface area is 141 Å². The van der Waals surface area contributed by atoms with Crippen molar-refractivity contribution in [1.29, 1.82) is 0 Å². The Hall–Kier alpha value is 0.710. The van der Waals surface area contributed by atoms with E-state index in [1.807, 2.05) is 18.2 Å². The lowest BCUT2D eigenvalue weighted by Gasteiger charge is -2.05. The second-order valence-electron chi connectivity index (χ2n) is 3.35. The summed E-state index contributed by atoms with van der Waals surface area (Å²) in [6, 6.07) is 5.89. The van der Waals surface area contributed by atoms with Crippen LogP contribution in [0.1, 0.15) is 5.56 Å². The van der Waals surface area contributed by atoms with Gasteiger partial charge in [-0.2, -0.15) is 0 Å². The normalized spacial score (nSPS) is 12.6. The van der Waals surface area contributed by atoms with E-state index in [9.17, 15) is 0 Å². The fourth-order valence-electron chi connectivity index (χ4n) is 1.34. The Balaban J connectivity index is 1.90. The van der Waals surface area contributed by atoms with Gasteiger partial charge in [-0.15, -0.1) is 0 Å². The zero-order valence-corrected chi connectivity index (χ0v) is 15.2. The summed E-state index contributed by atoms with van der Waals surface area (Å²) in [6.45, 7) is 1.55. The molecule has 3 nitrogen and oxygen atoms in total. The summed E-state index contributed by atoms with van der Waals surface area (Å²) in [7, 11) is 0. The van der Waals surface area contributed by atoms with Crippen molar-refractivity contribution in [3.05, 3.63) is 28.9 Å². The lowest BCUT2D eigenvalue weighted by molar-refractivity contribution is 0.147. The minimum absolute atomic E-state index is 0.313. The quantitative estimate of drug-likeness (QED) is 0.503. The van der Waals surface area contributed by atoms with Gasteiger partial charge in [0.05, 0.1) is 14.8 Å². The maximum atomic E-state index is 5.63. The van der Waals surface area contributed by atoms with E-state index in [0.717, 1.165) is 17.1 Å². The van der Waals surface area contributed by atoms with Gasteiger partial charge in [-0.25, -0.2) is 0 Å². The topological polar surface area (TPSA) is 27.7 Å². The van der Waals surface area contributed by atoms with E-state index in [-0.39, 0.29) is 0 Å². The number of ether oxygens (including phenoxy) is 3. The predicted molar refractivity (Wildman–Crippen MR) is 91.3 cm³/mol. The van der Waals surface area contributed by atoms with Crippen LogP contribution in [0.4, 0.5) is 0 Å². The number of benzene rings is 1. The molecule has 1 heterocycles. The highest BCUT2D eigenvalue weighted by atomic mass is 127. The lowest BCUT2D eigenvalue weighted by Crippen LogP contribution is -1.95. The van der Waals surface area contributed by atoms with Gasteiger partial charge in [0.25, 0.3) is 0 Å². The average Bonchev–Trinajstić information content (AvgIpc) is 2.75. The van der Waals surface area contributed by atoms with Crippen molar-refractivity contribution >= 4 is 67.8 Å². The standard InChI is InChI=1S/C11H9I3O3/c12-8(11(13)14)5-15-4-7-1-2-9-10(3-7)17-6-16-9/h1-3H,4-6H2. The Morgan fingerprint density at radius 3 is 2.71 bits per heavy atom. The van der Waals surface area contributed by atoms with Crippen molar-refractivity contribution in [2.75, 3.05) is 13.4 Å². The summed E-state index contributed by atoms with van der Waals surface area (Å²) in [4.78, 5) is 0. The second kappa shape index (κ2) is 6.75. The minimum atomic E-state index is 0.313. The first kappa shape index (κ1) is 14.1. The van der Waals surface area contributed by atoms with Crippen molar-refractivity contribution < 1.29 is 14.2 Å². The molecule has 0 aliphatic carbocycles. The molecule has 0 radical (unpaired) electrons. The van der Waals surface area contributed by atoms with Crippen LogP contribution in [0, 0.1) is 0 Å². The molecule has 0 spiro atoms. The third-order valence-electron chi connectivity index (χ3n) is 2.14. The van der Waals surface area contributed by atoms with Gasteiger partial charge in [0.15, 0.2) is 11.5 Å². The van der Waals surface area contributed by atoms with Crippen molar-refractivity contribution in [2.45, 2.75) is 6.61 Å². The molecule has 1 aromatic rings. The molecule has 0 aromatic heterocycles. The molecule has 1 aliphatic heterocycles. The fraction of sp³-hybridized carbons (Fsp3) is 0.273.